The molecular formula is C19H13Cl2O3S. The fourth-order valence-electron chi connectivity index (χ4n) is 2.55. The molecule has 6 heteroatoms. The third kappa shape index (κ3) is 3.52. The Balaban J connectivity index is 2.22. The van der Waals surface area contributed by atoms with Crippen LogP contribution in [0.4, 0.5) is 0 Å². The number of hydrogen-bond donors (Lipinski definition) is 1. The smallest absolute Gasteiger partial charge is 0.175 e. The molecule has 3 aromatic carbocycles. The molecule has 1 radical (unpaired) electrons. The Kier molecular flexibility index (Phi) is 4.78. The van der Waals surface area contributed by atoms with Gasteiger partial charge in [0.1, 0.15) is 5.75 Å². The van der Waals surface area contributed by atoms with Crippen molar-refractivity contribution in [3.05, 3.63) is 70.7 Å². The van der Waals surface area contributed by atoms with E-state index in [2.05, 4.69) is 6.07 Å². The minimum atomic E-state index is -3.28. The summed E-state index contributed by atoms with van der Waals surface area (Å²) in [7, 11) is -3.28. The molecule has 0 unspecified atom stereocenters. The Morgan fingerprint density at radius 1 is 1.00 bits per heavy atom. The number of phenols is 1. The van der Waals surface area contributed by atoms with E-state index in [9.17, 15) is 13.5 Å². The summed E-state index contributed by atoms with van der Waals surface area (Å²) < 4.78 is 23.3. The molecule has 0 amide bonds. The van der Waals surface area contributed by atoms with Gasteiger partial charge >= 0.3 is 0 Å². The first-order valence-corrected chi connectivity index (χ1v) is 9.92. The topological polar surface area (TPSA) is 54.4 Å². The third-order valence-corrected chi connectivity index (χ3v) is 5.71. The SMILES string of the molecule is CS(=O)(=O)c1ccc(-c2[c]ccc(O)c2-c2cccc(Cl)c2Cl)cc1. The first kappa shape index (κ1) is 17.8. The van der Waals surface area contributed by atoms with Gasteiger partial charge in [0, 0.05) is 22.9 Å². The fourth-order valence-corrected chi connectivity index (χ4v) is 3.58. The van der Waals surface area contributed by atoms with Crippen LogP contribution in [0.15, 0.2) is 59.5 Å². The van der Waals surface area contributed by atoms with Crippen molar-refractivity contribution in [2.45, 2.75) is 4.90 Å². The van der Waals surface area contributed by atoms with Gasteiger partial charge < -0.3 is 5.11 Å². The second-order valence-electron chi connectivity index (χ2n) is 5.51. The maximum Gasteiger partial charge on any atom is 0.175 e. The maximum absolute atomic E-state index is 11.6. The average molecular weight is 392 g/mol. The minimum Gasteiger partial charge on any atom is -0.507 e. The number of phenolic OH excluding ortho intramolecular Hbond substituents is 1. The van der Waals surface area contributed by atoms with Crippen molar-refractivity contribution in [1.82, 2.24) is 0 Å². The van der Waals surface area contributed by atoms with E-state index in [0.29, 0.717) is 32.3 Å². The molecule has 25 heavy (non-hydrogen) atoms. The van der Waals surface area contributed by atoms with Crippen LogP contribution in [0.5, 0.6) is 5.75 Å². The largest absolute Gasteiger partial charge is 0.507 e. The highest BCUT2D eigenvalue weighted by Gasteiger charge is 2.17. The molecule has 0 aliphatic carbocycles. The van der Waals surface area contributed by atoms with Gasteiger partial charge in [0.25, 0.3) is 0 Å². The van der Waals surface area contributed by atoms with Gasteiger partial charge in [0.2, 0.25) is 0 Å². The van der Waals surface area contributed by atoms with Gasteiger partial charge in [-0.25, -0.2) is 8.42 Å². The van der Waals surface area contributed by atoms with Crippen LogP contribution in [-0.4, -0.2) is 19.8 Å². The molecule has 0 aliphatic rings. The molecule has 0 spiro atoms. The Morgan fingerprint density at radius 3 is 2.32 bits per heavy atom. The zero-order chi connectivity index (χ0) is 18.2. The highest BCUT2D eigenvalue weighted by Crippen LogP contribution is 2.43. The molecule has 0 bridgehead atoms. The van der Waals surface area contributed by atoms with Gasteiger partial charge in [-0.3, -0.25) is 0 Å². The van der Waals surface area contributed by atoms with Crippen molar-refractivity contribution in [2.24, 2.45) is 0 Å². The molecule has 0 aromatic heterocycles. The zero-order valence-electron chi connectivity index (χ0n) is 13.1. The quantitative estimate of drug-likeness (QED) is 0.664. The summed E-state index contributed by atoms with van der Waals surface area (Å²) in [5.74, 6) is 0.0325. The summed E-state index contributed by atoms with van der Waals surface area (Å²) in [6.07, 6.45) is 1.15. The molecule has 127 valence electrons. The summed E-state index contributed by atoms with van der Waals surface area (Å²) in [5, 5.41) is 11.1. The van der Waals surface area contributed by atoms with Gasteiger partial charge in [-0.2, -0.15) is 0 Å². The maximum atomic E-state index is 11.6. The van der Waals surface area contributed by atoms with Crippen LogP contribution >= 0.6 is 23.2 Å². The van der Waals surface area contributed by atoms with E-state index in [4.69, 9.17) is 23.2 Å². The molecular weight excluding hydrogens is 379 g/mol. The number of rotatable bonds is 3. The highest BCUT2D eigenvalue weighted by molar-refractivity contribution is 7.90. The van der Waals surface area contributed by atoms with Gasteiger partial charge in [-0.15, -0.1) is 0 Å². The molecule has 3 nitrogen and oxygen atoms in total. The first-order chi connectivity index (χ1) is 11.8. The lowest BCUT2D eigenvalue weighted by Gasteiger charge is -2.14. The van der Waals surface area contributed by atoms with Crippen LogP contribution in [0.3, 0.4) is 0 Å². The van der Waals surface area contributed by atoms with Crippen LogP contribution < -0.4 is 0 Å². The summed E-state index contributed by atoms with van der Waals surface area (Å²) in [6, 6.07) is 17.7. The summed E-state index contributed by atoms with van der Waals surface area (Å²) in [5.41, 5.74) is 2.37. The van der Waals surface area contributed by atoms with Crippen LogP contribution in [0.2, 0.25) is 10.0 Å². The summed E-state index contributed by atoms with van der Waals surface area (Å²) in [4.78, 5) is 0.221. The van der Waals surface area contributed by atoms with Gasteiger partial charge in [0.05, 0.1) is 14.9 Å². The molecule has 0 aliphatic heterocycles. The van der Waals surface area contributed by atoms with Crippen molar-refractivity contribution in [1.29, 1.82) is 0 Å². The molecule has 0 heterocycles. The molecule has 0 fully saturated rings. The van der Waals surface area contributed by atoms with Crippen molar-refractivity contribution in [2.75, 3.05) is 6.26 Å². The van der Waals surface area contributed by atoms with Gasteiger partial charge in [-0.05, 0) is 35.9 Å². The lowest BCUT2D eigenvalue weighted by Crippen LogP contribution is -1.96. The van der Waals surface area contributed by atoms with E-state index >= 15 is 0 Å². The van der Waals surface area contributed by atoms with Crippen LogP contribution in [-0.2, 0) is 9.84 Å². The predicted octanol–water partition coefficient (Wildman–Crippen LogP) is 5.24. The number of aromatic hydroxyl groups is 1. The van der Waals surface area contributed by atoms with Crippen LogP contribution in [0.25, 0.3) is 22.3 Å². The average Bonchev–Trinajstić information content (AvgIpc) is 2.57. The second kappa shape index (κ2) is 6.71. The predicted molar refractivity (Wildman–Crippen MR) is 101 cm³/mol. The summed E-state index contributed by atoms with van der Waals surface area (Å²) in [6.45, 7) is 0. The van der Waals surface area contributed by atoms with Crippen LogP contribution in [0.1, 0.15) is 0 Å². The Hall–Kier alpha value is -2.01. The van der Waals surface area contributed by atoms with Crippen LogP contribution in [0, 0.1) is 6.07 Å². The van der Waals surface area contributed by atoms with Gasteiger partial charge in [-0.1, -0.05) is 53.5 Å². The van der Waals surface area contributed by atoms with Gasteiger partial charge in [0.15, 0.2) is 9.84 Å². The minimum absolute atomic E-state index is 0.0325. The number of hydrogen-bond acceptors (Lipinski definition) is 3. The first-order valence-electron chi connectivity index (χ1n) is 7.27. The lowest BCUT2D eigenvalue weighted by molar-refractivity contribution is 0.477. The molecule has 0 saturated carbocycles. The molecule has 0 saturated heterocycles. The van der Waals surface area contributed by atoms with Crippen molar-refractivity contribution < 1.29 is 13.5 Å². The monoisotopic (exact) mass is 391 g/mol. The van der Waals surface area contributed by atoms with Crippen molar-refractivity contribution in [3.8, 4) is 28.0 Å². The van der Waals surface area contributed by atoms with E-state index in [0.717, 1.165) is 6.26 Å². The van der Waals surface area contributed by atoms with E-state index in [1.807, 2.05) is 0 Å². The van der Waals surface area contributed by atoms with E-state index in [1.54, 1.807) is 36.4 Å². The molecule has 1 N–H and O–H groups in total. The van der Waals surface area contributed by atoms with E-state index < -0.39 is 9.84 Å². The molecule has 3 rings (SSSR count). The summed E-state index contributed by atoms with van der Waals surface area (Å²) >= 11 is 12.4. The standard InChI is InChI=1S/C19H13Cl2O3S/c1-25(23,24)13-10-8-12(9-11-13)14-4-3-7-17(22)18(14)15-5-2-6-16(20)19(15)21/h2-3,5-11,22H,1H3. The molecule has 3 aromatic rings. The highest BCUT2D eigenvalue weighted by atomic mass is 35.5. The van der Waals surface area contributed by atoms with E-state index in [1.165, 1.54) is 18.2 Å². The van der Waals surface area contributed by atoms with Crippen molar-refractivity contribution in [3.63, 3.8) is 0 Å². The Labute approximate surface area is 156 Å². The fraction of sp³-hybridized carbons (Fsp3) is 0.0526. The Morgan fingerprint density at radius 2 is 1.68 bits per heavy atom. The lowest BCUT2D eigenvalue weighted by atomic mass is 9.93. The number of sulfone groups is 1. The Bertz CT molecular complexity index is 1040. The third-order valence-electron chi connectivity index (χ3n) is 3.77. The number of benzene rings is 3. The second-order valence-corrected chi connectivity index (χ2v) is 8.31. The van der Waals surface area contributed by atoms with Crippen molar-refractivity contribution >= 4 is 33.0 Å². The normalized spacial score (nSPS) is 11.5. The zero-order valence-corrected chi connectivity index (χ0v) is 15.5. The number of halogens is 2. The van der Waals surface area contributed by atoms with E-state index in [-0.39, 0.29) is 10.6 Å². The molecule has 0 atom stereocenters.